The van der Waals surface area contributed by atoms with Crippen molar-refractivity contribution in [3.63, 3.8) is 0 Å². The lowest BCUT2D eigenvalue weighted by atomic mass is 10.0. The summed E-state index contributed by atoms with van der Waals surface area (Å²) < 4.78 is 0. The van der Waals surface area contributed by atoms with Gasteiger partial charge in [0.2, 0.25) is 5.91 Å². The summed E-state index contributed by atoms with van der Waals surface area (Å²) in [6, 6.07) is 9.82. The number of pyridine rings is 1. The van der Waals surface area contributed by atoms with Crippen molar-refractivity contribution in [1.82, 2.24) is 9.97 Å². The fraction of sp³-hybridized carbons (Fsp3) is 0.167. The van der Waals surface area contributed by atoms with Crippen molar-refractivity contribution in [2.75, 3.05) is 11.1 Å². The number of nitrogen functional groups attached to an aromatic ring is 1. The first kappa shape index (κ1) is 14.3. The molecule has 1 aromatic carbocycles. The van der Waals surface area contributed by atoms with E-state index in [1.807, 2.05) is 36.7 Å². The quantitative estimate of drug-likeness (QED) is 0.645. The molecule has 2 atom stereocenters. The number of rotatable bonds is 3. The number of aromatic nitrogens is 2. The molecule has 118 valence electrons. The van der Waals surface area contributed by atoms with E-state index < -0.39 is 0 Å². The van der Waals surface area contributed by atoms with Crippen LogP contribution in [0, 0.1) is 23.2 Å². The molecule has 6 nitrogen and oxygen atoms in total. The molecule has 1 amide bonds. The van der Waals surface area contributed by atoms with Crippen molar-refractivity contribution >= 4 is 28.2 Å². The smallest absolute Gasteiger partial charge is 0.230 e. The van der Waals surface area contributed by atoms with Gasteiger partial charge in [0.25, 0.3) is 0 Å². The highest BCUT2D eigenvalue weighted by atomic mass is 16.2. The van der Waals surface area contributed by atoms with E-state index in [4.69, 9.17) is 11.0 Å². The second-order valence-corrected chi connectivity index (χ2v) is 6.02. The van der Waals surface area contributed by atoms with Crippen LogP contribution in [0.2, 0.25) is 0 Å². The Labute approximate surface area is 138 Å². The third-order valence-electron chi connectivity index (χ3n) is 4.34. The Morgan fingerprint density at radius 3 is 2.96 bits per heavy atom. The molecule has 2 aromatic heterocycles. The first-order valence-corrected chi connectivity index (χ1v) is 7.68. The zero-order valence-electron chi connectivity index (χ0n) is 12.8. The summed E-state index contributed by atoms with van der Waals surface area (Å²) in [5.74, 6) is -0.0603. The van der Waals surface area contributed by atoms with E-state index in [0.717, 1.165) is 21.9 Å². The molecule has 3 aromatic rings. The summed E-state index contributed by atoms with van der Waals surface area (Å²) in [7, 11) is 0. The Morgan fingerprint density at radius 1 is 1.38 bits per heavy atom. The number of amides is 1. The van der Waals surface area contributed by atoms with Gasteiger partial charge in [-0.25, -0.2) is 4.98 Å². The van der Waals surface area contributed by atoms with Gasteiger partial charge >= 0.3 is 0 Å². The third kappa shape index (κ3) is 2.46. The number of H-pyrrole nitrogens is 1. The minimum absolute atomic E-state index is 0.150. The molecular formula is C18H15N5O. The van der Waals surface area contributed by atoms with Crippen molar-refractivity contribution in [3.8, 4) is 17.2 Å². The van der Waals surface area contributed by atoms with Crippen molar-refractivity contribution in [3.05, 3.63) is 42.9 Å². The van der Waals surface area contributed by atoms with Crippen LogP contribution in [0.4, 0.5) is 11.5 Å². The van der Waals surface area contributed by atoms with Crippen molar-refractivity contribution in [1.29, 1.82) is 5.26 Å². The molecule has 0 spiro atoms. The molecule has 1 fully saturated rings. The summed E-state index contributed by atoms with van der Waals surface area (Å²) in [4.78, 5) is 19.4. The Balaban J connectivity index is 1.67. The number of nitrogens with zero attached hydrogens (tertiary/aromatic N) is 2. The summed E-state index contributed by atoms with van der Waals surface area (Å²) in [5.41, 5.74) is 8.81. The first-order valence-electron chi connectivity index (χ1n) is 7.68. The number of fused-ring (bicyclic) bond motifs is 1. The lowest BCUT2D eigenvalue weighted by molar-refractivity contribution is -0.117. The molecule has 2 heterocycles. The zero-order chi connectivity index (χ0) is 16.7. The van der Waals surface area contributed by atoms with Gasteiger partial charge in [-0.05, 0) is 47.2 Å². The van der Waals surface area contributed by atoms with Gasteiger partial charge in [-0.2, -0.15) is 5.26 Å². The zero-order valence-corrected chi connectivity index (χ0v) is 12.8. The number of nitrogens with two attached hydrogens (primary N) is 1. The Bertz CT molecular complexity index is 971. The monoisotopic (exact) mass is 317 g/mol. The second kappa shape index (κ2) is 5.39. The number of nitrogens with one attached hydrogen (secondary N) is 2. The van der Waals surface area contributed by atoms with Gasteiger partial charge in [-0.15, -0.1) is 0 Å². The highest BCUT2D eigenvalue weighted by Gasteiger charge is 2.43. The molecule has 4 rings (SSSR count). The summed E-state index contributed by atoms with van der Waals surface area (Å²) >= 11 is 0. The molecule has 2 unspecified atom stereocenters. The molecule has 1 aliphatic carbocycles. The maximum absolute atomic E-state index is 12.1. The number of carbonyl (C=O) groups is 1. The van der Waals surface area contributed by atoms with Crippen LogP contribution in [0.15, 0.2) is 42.9 Å². The summed E-state index contributed by atoms with van der Waals surface area (Å²) in [6.07, 6.45) is 6.05. The van der Waals surface area contributed by atoms with Crippen LogP contribution in [0.3, 0.4) is 0 Å². The predicted molar refractivity (Wildman–Crippen MR) is 91.8 cm³/mol. The lowest BCUT2D eigenvalue weighted by Crippen LogP contribution is -2.15. The van der Waals surface area contributed by atoms with E-state index in [1.165, 1.54) is 0 Å². The van der Waals surface area contributed by atoms with Crippen molar-refractivity contribution < 1.29 is 4.79 Å². The molecule has 24 heavy (non-hydrogen) atoms. The van der Waals surface area contributed by atoms with Crippen LogP contribution in [0.25, 0.3) is 21.9 Å². The minimum atomic E-state index is -0.219. The Hall–Kier alpha value is -3.33. The van der Waals surface area contributed by atoms with E-state index >= 15 is 0 Å². The lowest BCUT2D eigenvalue weighted by Gasteiger charge is -2.09. The number of aromatic amines is 1. The van der Waals surface area contributed by atoms with Gasteiger partial charge in [-0.3, -0.25) is 4.79 Å². The largest absolute Gasteiger partial charge is 0.398 e. The molecule has 0 bridgehead atoms. The first-order chi connectivity index (χ1) is 11.7. The molecular weight excluding hydrogens is 302 g/mol. The van der Waals surface area contributed by atoms with Crippen LogP contribution in [-0.4, -0.2) is 15.9 Å². The molecule has 0 aliphatic heterocycles. The maximum Gasteiger partial charge on any atom is 0.230 e. The topological polar surface area (TPSA) is 108 Å². The molecule has 4 N–H and O–H groups in total. The fourth-order valence-electron chi connectivity index (χ4n) is 2.87. The Morgan fingerprint density at radius 2 is 2.25 bits per heavy atom. The summed E-state index contributed by atoms with van der Waals surface area (Å²) in [5, 5.41) is 13.4. The number of carbonyl (C=O) groups excluding carboxylic acids is 1. The summed E-state index contributed by atoms with van der Waals surface area (Å²) in [6.45, 7) is 0. The highest BCUT2D eigenvalue weighted by molar-refractivity contribution is 6.00. The van der Waals surface area contributed by atoms with Gasteiger partial charge in [0.05, 0.1) is 17.9 Å². The van der Waals surface area contributed by atoms with Gasteiger partial charge in [0.15, 0.2) is 0 Å². The van der Waals surface area contributed by atoms with Crippen LogP contribution >= 0.6 is 0 Å². The minimum Gasteiger partial charge on any atom is -0.398 e. The SMILES string of the molecule is N#CC1CC1C(=O)Nc1cc2cc(-c3cc[nH]c3)cc(N)c2cn1. The van der Waals surface area contributed by atoms with E-state index in [2.05, 4.69) is 21.4 Å². The normalized spacial score (nSPS) is 19.0. The molecule has 6 heteroatoms. The third-order valence-corrected chi connectivity index (χ3v) is 4.34. The second-order valence-electron chi connectivity index (χ2n) is 6.02. The number of nitriles is 1. The molecule has 1 saturated carbocycles. The van der Waals surface area contributed by atoms with Gasteiger partial charge < -0.3 is 16.0 Å². The molecule has 1 aliphatic rings. The van der Waals surface area contributed by atoms with Gasteiger partial charge in [0, 0.05) is 29.7 Å². The van der Waals surface area contributed by atoms with Crippen LogP contribution in [-0.2, 0) is 4.79 Å². The molecule has 0 radical (unpaired) electrons. The van der Waals surface area contributed by atoms with Gasteiger partial charge in [-0.1, -0.05) is 0 Å². The predicted octanol–water partition coefficient (Wildman–Crippen LogP) is 2.91. The standard InChI is InChI=1S/C18H15N5O/c19-7-13-4-14(13)18(24)23-17-6-12-3-11(10-1-2-21-8-10)5-16(20)15(12)9-22-17/h1-3,5-6,8-9,13-14,21H,4,20H2,(H,22,23,24). The maximum atomic E-state index is 12.1. The average Bonchev–Trinajstić information content (AvgIpc) is 3.17. The number of hydrogen-bond donors (Lipinski definition) is 3. The number of anilines is 2. The van der Waals surface area contributed by atoms with E-state index in [0.29, 0.717) is 17.9 Å². The van der Waals surface area contributed by atoms with Crippen LogP contribution < -0.4 is 11.1 Å². The van der Waals surface area contributed by atoms with Crippen molar-refractivity contribution in [2.24, 2.45) is 11.8 Å². The van der Waals surface area contributed by atoms with E-state index in [-0.39, 0.29) is 17.7 Å². The number of benzene rings is 1. The average molecular weight is 317 g/mol. The fourth-order valence-corrected chi connectivity index (χ4v) is 2.87. The van der Waals surface area contributed by atoms with E-state index in [9.17, 15) is 4.79 Å². The highest BCUT2D eigenvalue weighted by Crippen LogP contribution is 2.38. The van der Waals surface area contributed by atoms with Gasteiger partial charge in [0.1, 0.15) is 5.82 Å². The van der Waals surface area contributed by atoms with Crippen LogP contribution in [0.1, 0.15) is 6.42 Å². The Kier molecular flexibility index (Phi) is 3.21. The molecule has 0 saturated heterocycles. The van der Waals surface area contributed by atoms with E-state index in [1.54, 1.807) is 6.20 Å². The van der Waals surface area contributed by atoms with Crippen molar-refractivity contribution in [2.45, 2.75) is 6.42 Å². The number of hydrogen-bond acceptors (Lipinski definition) is 4. The van der Waals surface area contributed by atoms with Crippen LogP contribution in [0.5, 0.6) is 0 Å².